The maximum atomic E-state index is 9.56. The van der Waals surface area contributed by atoms with Gasteiger partial charge in [0.05, 0.1) is 6.61 Å². The Bertz CT molecular complexity index is 167. The monoisotopic (exact) mass is 247 g/mol. The molecule has 0 aliphatic heterocycles. The second-order valence-electron chi connectivity index (χ2n) is 5.11. The highest BCUT2D eigenvalue weighted by molar-refractivity contribution is 7.99. The lowest BCUT2D eigenvalue weighted by atomic mass is 9.91. The fourth-order valence-electron chi connectivity index (χ4n) is 1.93. The van der Waals surface area contributed by atoms with Gasteiger partial charge in [0.1, 0.15) is 0 Å². The summed E-state index contributed by atoms with van der Waals surface area (Å²) in [7, 11) is 0. The Morgan fingerprint density at radius 3 is 2.25 bits per heavy atom. The van der Waals surface area contributed by atoms with Crippen molar-refractivity contribution < 1.29 is 5.11 Å². The van der Waals surface area contributed by atoms with E-state index in [1.165, 1.54) is 12.2 Å². The molecule has 0 saturated heterocycles. The van der Waals surface area contributed by atoms with Crippen LogP contribution in [-0.2, 0) is 0 Å². The first kappa shape index (κ1) is 16.3. The summed E-state index contributed by atoms with van der Waals surface area (Å²) in [4.78, 5) is 0. The number of aliphatic hydroxyl groups excluding tert-OH is 1. The van der Waals surface area contributed by atoms with E-state index in [1.807, 2.05) is 11.8 Å². The van der Waals surface area contributed by atoms with Crippen LogP contribution in [0.3, 0.4) is 0 Å². The van der Waals surface area contributed by atoms with Crippen molar-refractivity contribution in [2.24, 2.45) is 0 Å². The maximum absolute atomic E-state index is 9.56. The van der Waals surface area contributed by atoms with Gasteiger partial charge >= 0.3 is 0 Å². The smallest absolute Gasteiger partial charge is 0.0613 e. The van der Waals surface area contributed by atoms with Gasteiger partial charge in [0.2, 0.25) is 0 Å². The predicted octanol–water partition coefficient (Wildman–Crippen LogP) is 3.05. The van der Waals surface area contributed by atoms with E-state index in [9.17, 15) is 5.11 Å². The van der Waals surface area contributed by atoms with Crippen LogP contribution < -0.4 is 5.32 Å². The Morgan fingerprint density at radius 2 is 1.88 bits per heavy atom. The van der Waals surface area contributed by atoms with Crippen molar-refractivity contribution in [3.8, 4) is 0 Å². The fraction of sp³-hybridized carbons (Fsp3) is 1.00. The van der Waals surface area contributed by atoms with Gasteiger partial charge in [-0.15, -0.1) is 0 Å². The first-order valence-corrected chi connectivity index (χ1v) is 7.51. The molecule has 1 unspecified atom stereocenters. The third-order valence-electron chi connectivity index (χ3n) is 2.83. The average molecular weight is 247 g/mol. The standard InChI is InChI=1S/C13H29NOS/c1-6-13(10-15,14-11(2)3)8-7-9-16-12(4)5/h11-12,14-15H,6-10H2,1-5H3. The minimum absolute atomic E-state index is 0.0638. The second-order valence-corrected chi connectivity index (χ2v) is 6.80. The van der Waals surface area contributed by atoms with Crippen LogP contribution in [0.25, 0.3) is 0 Å². The molecular formula is C13H29NOS. The molecule has 2 N–H and O–H groups in total. The van der Waals surface area contributed by atoms with Crippen LogP contribution in [0.4, 0.5) is 0 Å². The molecule has 0 fully saturated rings. The molecule has 2 nitrogen and oxygen atoms in total. The van der Waals surface area contributed by atoms with Gasteiger partial charge in [-0.3, -0.25) is 0 Å². The summed E-state index contributed by atoms with van der Waals surface area (Å²) in [6.07, 6.45) is 3.24. The molecule has 0 aromatic carbocycles. The summed E-state index contributed by atoms with van der Waals surface area (Å²) in [5, 5.41) is 13.8. The molecule has 0 aromatic rings. The SMILES string of the molecule is CCC(CO)(CCCSC(C)C)NC(C)C. The molecular weight excluding hydrogens is 218 g/mol. The second kappa shape index (κ2) is 8.37. The van der Waals surface area contributed by atoms with Crippen LogP contribution in [0.2, 0.25) is 0 Å². The third-order valence-corrected chi connectivity index (χ3v) is 4.02. The Balaban J connectivity index is 4.01. The molecule has 0 amide bonds. The van der Waals surface area contributed by atoms with Crippen LogP contribution in [0.15, 0.2) is 0 Å². The third kappa shape index (κ3) is 6.77. The highest BCUT2D eigenvalue weighted by Gasteiger charge is 2.26. The van der Waals surface area contributed by atoms with E-state index in [-0.39, 0.29) is 12.1 Å². The van der Waals surface area contributed by atoms with E-state index in [1.54, 1.807) is 0 Å². The van der Waals surface area contributed by atoms with Gasteiger partial charge in [0.15, 0.2) is 0 Å². The number of hydrogen-bond donors (Lipinski definition) is 2. The van der Waals surface area contributed by atoms with Crippen molar-refractivity contribution >= 4 is 11.8 Å². The summed E-state index contributed by atoms with van der Waals surface area (Å²) >= 11 is 2.00. The summed E-state index contributed by atoms with van der Waals surface area (Å²) in [6, 6.07) is 0.435. The van der Waals surface area contributed by atoms with Gasteiger partial charge < -0.3 is 10.4 Å². The van der Waals surface area contributed by atoms with Crippen molar-refractivity contribution in [3.05, 3.63) is 0 Å². The van der Waals surface area contributed by atoms with Gasteiger partial charge in [-0.05, 0) is 30.3 Å². The first-order valence-electron chi connectivity index (χ1n) is 6.46. The molecule has 0 aliphatic rings. The maximum Gasteiger partial charge on any atom is 0.0613 e. The molecule has 0 aromatic heterocycles. The molecule has 16 heavy (non-hydrogen) atoms. The number of aliphatic hydroxyl groups is 1. The molecule has 1 atom stereocenters. The molecule has 0 saturated carbocycles. The summed E-state index contributed by atoms with van der Waals surface area (Å²) in [5.41, 5.74) is -0.0638. The number of thioether (sulfide) groups is 1. The number of nitrogens with one attached hydrogen (secondary N) is 1. The molecule has 0 rings (SSSR count). The van der Waals surface area contributed by atoms with Gasteiger partial charge in [0.25, 0.3) is 0 Å². The van der Waals surface area contributed by atoms with E-state index < -0.39 is 0 Å². The van der Waals surface area contributed by atoms with Gasteiger partial charge in [0, 0.05) is 11.6 Å². The quantitative estimate of drug-likeness (QED) is 0.614. The summed E-state index contributed by atoms with van der Waals surface area (Å²) in [5.74, 6) is 1.19. The minimum atomic E-state index is -0.0638. The predicted molar refractivity (Wildman–Crippen MR) is 75.2 cm³/mol. The number of rotatable bonds is 9. The van der Waals surface area contributed by atoms with Crippen molar-refractivity contribution in [2.45, 2.75) is 70.7 Å². The van der Waals surface area contributed by atoms with Crippen LogP contribution >= 0.6 is 11.8 Å². The van der Waals surface area contributed by atoms with E-state index >= 15 is 0 Å². The zero-order chi connectivity index (χ0) is 12.6. The summed E-state index contributed by atoms with van der Waals surface area (Å²) in [6.45, 7) is 11.1. The Hall–Kier alpha value is 0.270. The lowest BCUT2D eigenvalue weighted by Gasteiger charge is -2.34. The van der Waals surface area contributed by atoms with Crippen molar-refractivity contribution in [1.29, 1.82) is 0 Å². The normalized spacial score (nSPS) is 15.8. The fourth-order valence-corrected chi connectivity index (χ4v) is 2.71. The molecule has 98 valence electrons. The van der Waals surface area contributed by atoms with Crippen LogP contribution in [0.1, 0.15) is 53.9 Å². The van der Waals surface area contributed by atoms with Crippen molar-refractivity contribution in [3.63, 3.8) is 0 Å². The summed E-state index contributed by atoms with van der Waals surface area (Å²) < 4.78 is 0. The van der Waals surface area contributed by atoms with Crippen molar-refractivity contribution in [2.75, 3.05) is 12.4 Å². The highest BCUT2D eigenvalue weighted by atomic mass is 32.2. The molecule has 3 heteroatoms. The van der Waals surface area contributed by atoms with Crippen molar-refractivity contribution in [1.82, 2.24) is 5.32 Å². The van der Waals surface area contributed by atoms with E-state index in [2.05, 4.69) is 39.9 Å². The largest absolute Gasteiger partial charge is 0.394 e. The zero-order valence-electron chi connectivity index (χ0n) is 11.5. The van der Waals surface area contributed by atoms with E-state index in [0.717, 1.165) is 12.8 Å². The number of hydrogen-bond acceptors (Lipinski definition) is 3. The first-order chi connectivity index (χ1) is 7.45. The highest BCUT2D eigenvalue weighted by Crippen LogP contribution is 2.21. The van der Waals surface area contributed by atoms with Gasteiger partial charge in [-0.1, -0.05) is 34.6 Å². The molecule has 0 spiro atoms. The lowest BCUT2D eigenvalue weighted by molar-refractivity contribution is 0.137. The minimum Gasteiger partial charge on any atom is -0.394 e. The molecule has 0 aliphatic carbocycles. The Labute approximate surface area is 106 Å². The van der Waals surface area contributed by atoms with Crippen LogP contribution in [0, 0.1) is 0 Å². The van der Waals surface area contributed by atoms with Gasteiger partial charge in [-0.25, -0.2) is 0 Å². The average Bonchev–Trinajstić information content (AvgIpc) is 2.22. The molecule has 0 bridgehead atoms. The van der Waals surface area contributed by atoms with Gasteiger partial charge in [-0.2, -0.15) is 11.8 Å². The van der Waals surface area contributed by atoms with E-state index in [0.29, 0.717) is 11.3 Å². The Kier molecular flexibility index (Phi) is 8.52. The topological polar surface area (TPSA) is 32.3 Å². The molecule has 0 heterocycles. The Morgan fingerprint density at radius 1 is 1.25 bits per heavy atom. The zero-order valence-corrected chi connectivity index (χ0v) is 12.4. The lowest BCUT2D eigenvalue weighted by Crippen LogP contribution is -2.51. The molecule has 0 radical (unpaired) electrons. The van der Waals surface area contributed by atoms with Crippen LogP contribution in [-0.4, -0.2) is 34.3 Å². The van der Waals surface area contributed by atoms with Crippen LogP contribution in [0.5, 0.6) is 0 Å². The van der Waals surface area contributed by atoms with E-state index in [4.69, 9.17) is 0 Å².